The van der Waals surface area contributed by atoms with Crippen LogP contribution in [0.1, 0.15) is 168 Å². The summed E-state index contributed by atoms with van der Waals surface area (Å²) in [5.41, 5.74) is 0. The fraction of sp³-hybridized carbons (Fsp3) is 0.688. The summed E-state index contributed by atoms with van der Waals surface area (Å²) in [6.45, 7) is 5.53. The van der Waals surface area contributed by atoms with E-state index in [0.29, 0.717) is 19.4 Å². The van der Waals surface area contributed by atoms with Gasteiger partial charge in [0.2, 0.25) is 0 Å². The third-order valence-corrected chi connectivity index (χ3v) is 11.2. The molecule has 0 fully saturated rings. The Morgan fingerprint density at radius 2 is 1.22 bits per heavy atom. The quantitative estimate of drug-likeness (QED) is 0.0211. The van der Waals surface area contributed by atoms with Crippen molar-refractivity contribution in [3.8, 4) is 0 Å². The molecule has 0 N–H and O–H groups in total. The SMILES string of the molecule is CCCCC/C=C\C/C=C\CCCCCCCC(=O)OCC(COP(=O)([O-])OCCN1CC[n+]2ccccc21)OC(=O)CCCCCCC/C=C\C/C=C\CCCCC. The first kappa shape index (κ1) is 52.1. The van der Waals surface area contributed by atoms with Gasteiger partial charge in [0.25, 0.3) is 13.6 Å². The molecule has 10 nitrogen and oxygen atoms in total. The minimum absolute atomic E-state index is 0.0878. The van der Waals surface area contributed by atoms with Crippen LogP contribution in [0.15, 0.2) is 73.0 Å². The largest absolute Gasteiger partial charge is 0.756 e. The van der Waals surface area contributed by atoms with Crippen molar-refractivity contribution >= 4 is 25.6 Å². The van der Waals surface area contributed by atoms with Gasteiger partial charge in [0, 0.05) is 18.9 Å². The average Bonchev–Trinajstić information content (AvgIpc) is 3.64. The Morgan fingerprint density at radius 3 is 1.80 bits per heavy atom. The Bertz CT molecular complexity index is 1400. The lowest BCUT2D eigenvalue weighted by Crippen LogP contribution is -2.31. The van der Waals surface area contributed by atoms with E-state index in [2.05, 4.69) is 67.0 Å². The van der Waals surface area contributed by atoms with E-state index in [9.17, 15) is 19.0 Å². The highest BCUT2D eigenvalue weighted by molar-refractivity contribution is 7.45. The van der Waals surface area contributed by atoms with E-state index in [-0.39, 0.29) is 26.1 Å². The highest BCUT2D eigenvalue weighted by Gasteiger charge is 2.27. The lowest BCUT2D eigenvalue weighted by molar-refractivity contribution is -0.670. The number of phosphoric acid groups is 1. The second kappa shape index (κ2) is 35.7. The molecule has 1 aliphatic rings. The van der Waals surface area contributed by atoms with Crippen molar-refractivity contribution in [2.45, 2.75) is 181 Å². The summed E-state index contributed by atoms with van der Waals surface area (Å²) in [4.78, 5) is 40.1. The van der Waals surface area contributed by atoms with E-state index >= 15 is 0 Å². The number of ether oxygens (including phenoxy) is 2. The van der Waals surface area contributed by atoms with Crippen molar-refractivity contribution in [2.24, 2.45) is 0 Å². The number of anilines is 1. The normalized spacial score (nSPS) is 14.5. The van der Waals surface area contributed by atoms with Crippen LogP contribution in [-0.4, -0.2) is 51.0 Å². The lowest BCUT2D eigenvalue weighted by Gasteiger charge is -2.26. The van der Waals surface area contributed by atoms with Gasteiger partial charge in [0.15, 0.2) is 6.10 Å². The van der Waals surface area contributed by atoms with Gasteiger partial charge >= 0.3 is 11.9 Å². The summed E-state index contributed by atoms with van der Waals surface area (Å²) >= 11 is 0. The van der Waals surface area contributed by atoms with Gasteiger partial charge in [-0.05, 0) is 83.1 Å². The van der Waals surface area contributed by atoms with Crippen LogP contribution in [0.25, 0.3) is 0 Å². The zero-order valence-electron chi connectivity index (χ0n) is 36.8. The monoisotopic (exact) mass is 843 g/mol. The Kier molecular flexibility index (Phi) is 31.5. The highest BCUT2D eigenvalue weighted by Crippen LogP contribution is 2.38. The molecule has 2 rings (SSSR count). The number of pyridine rings is 1. The number of hydrogen-bond donors (Lipinski definition) is 0. The molecular formula is C48H79N2O8P. The summed E-state index contributed by atoms with van der Waals surface area (Å²) < 4.78 is 36.1. The number of fused-ring (bicyclic) bond motifs is 1. The van der Waals surface area contributed by atoms with E-state index in [1.165, 1.54) is 51.4 Å². The maximum absolute atomic E-state index is 12.8. The van der Waals surface area contributed by atoms with Crippen molar-refractivity contribution in [1.82, 2.24) is 0 Å². The molecule has 11 heteroatoms. The lowest BCUT2D eigenvalue weighted by atomic mass is 10.1. The van der Waals surface area contributed by atoms with E-state index in [1.807, 2.05) is 29.3 Å². The van der Waals surface area contributed by atoms with Crippen LogP contribution in [0.5, 0.6) is 0 Å². The first-order valence-electron chi connectivity index (χ1n) is 23.1. The van der Waals surface area contributed by atoms with Crippen molar-refractivity contribution in [2.75, 3.05) is 37.8 Å². The molecule has 0 amide bonds. The van der Waals surface area contributed by atoms with Gasteiger partial charge in [-0.1, -0.05) is 133 Å². The number of nitrogens with zero attached hydrogens (tertiary/aromatic N) is 2. The summed E-state index contributed by atoms with van der Waals surface area (Å²) in [6.07, 6.45) is 43.2. The molecule has 0 saturated carbocycles. The molecule has 0 radical (unpaired) electrons. The van der Waals surface area contributed by atoms with Crippen LogP contribution in [0.2, 0.25) is 0 Å². The molecular weight excluding hydrogens is 764 g/mol. The van der Waals surface area contributed by atoms with Crippen LogP contribution in [0.3, 0.4) is 0 Å². The smallest absolute Gasteiger partial charge is 0.306 e. The minimum atomic E-state index is -4.71. The van der Waals surface area contributed by atoms with Gasteiger partial charge in [-0.3, -0.25) is 19.1 Å². The summed E-state index contributed by atoms with van der Waals surface area (Å²) in [5.74, 6) is 0.118. The summed E-state index contributed by atoms with van der Waals surface area (Å²) in [5, 5.41) is 0. The summed E-state index contributed by atoms with van der Waals surface area (Å²) in [7, 11) is -4.71. The molecule has 0 aliphatic carbocycles. The molecule has 1 aliphatic heterocycles. The van der Waals surface area contributed by atoms with Crippen LogP contribution < -0.4 is 14.4 Å². The van der Waals surface area contributed by atoms with E-state index in [0.717, 1.165) is 96.0 Å². The first-order valence-corrected chi connectivity index (χ1v) is 24.6. The molecule has 0 aromatic carbocycles. The fourth-order valence-corrected chi connectivity index (χ4v) is 7.50. The number of allylic oxidation sites excluding steroid dienone is 8. The Hall–Kier alpha value is -3.04. The second-order valence-electron chi connectivity index (χ2n) is 15.6. The van der Waals surface area contributed by atoms with Crippen molar-refractivity contribution in [3.05, 3.63) is 73.0 Å². The molecule has 2 heterocycles. The Morgan fingerprint density at radius 1 is 0.695 bits per heavy atom. The summed E-state index contributed by atoms with van der Waals surface area (Å²) in [6, 6.07) is 5.87. The first-order chi connectivity index (χ1) is 28.8. The van der Waals surface area contributed by atoms with Gasteiger partial charge in [0.05, 0.1) is 19.4 Å². The fourth-order valence-electron chi connectivity index (χ4n) is 6.77. The maximum Gasteiger partial charge on any atom is 0.306 e. The second-order valence-corrected chi connectivity index (χ2v) is 17.0. The van der Waals surface area contributed by atoms with Gasteiger partial charge in [-0.2, -0.15) is 0 Å². The highest BCUT2D eigenvalue weighted by atomic mass is 31.2. The number of carbonyl (C=O) groups is 2. The van der Waals surface area contributed by atoms with Gasteiger partial charge in [-0.15, -0.1) is 0 Å². The van der Waals surface area contributed by atoms with Crippen molar-refractivity contribution in [3.63, 3.8) is 0 Å². The van der Waals surface area contributed by atoms with Crippen LogP contribution in [0.4, 0.5) is 5.82 Å². The number of unbranched alkanes of at least 4 members (excludes halogenated alkanes) is 16. The number of rotatable bonds is 38. The minimum Gasteiger partial charge on any atom is -0.756 e. The predicted octanol–water partition coefficient (Wildman–Crippen LogP) is 11.4. The number of phosphoric ester groups is 1. The molecule has 2 atom stereocenters. The third kappa shape index (κ3) is 29.0. The van der Waals surface area contributed by atoms with Gasteiger partial charge in [-0.25, -0.2) is 4.57 Å². The van der Waals surface area contributed by atoms with Crippen LogP contribution in [0, 0.1) is 0 Å². The zero-order valence-corrected chi connectivity index (χ0v) is 37.7. The number of esters is 2. The molecule has 2 unspecified atom stereocenters. The topological polar surface area (TPSA) is 118 Å². The van der Waals surface area contributed by atoms with Crippen LogP contribution >= 0.6 is 7.82 Å². The number of carbonyl (C=O) groups excluding carboxylic acids is 2. The van der Waals surface area contributed by atoms with Gasteiger partial charge < -0.3 is 23.4 Å². The van der Waals surface area contributed by atoms with Crippen molar-refractivity contribution in [1.29, 1.82) is 0 Å². The molecule has 0 spiro atoms. The predicted molar refractivity (Wildman–Crippen MR) is 238 cm³/mol. The molecule has 1 aromatic rings. The van der Waals surface area contributed by atoms with E-state index < -0.39 is 32.5 Å². The standard InChI is InChI=1S/C48H79N2O8P/c1-3-5-7-9-11-13-15-17-19-21-23-25-27-29-31-36-47(51)55-43-45(44-57-59(53,54)56-42-41-50-40-39-49-38-34-33-35-46(49)50)58-48(52)37-32-30-28-26-24-22-20-18-16-14-12-10-8-6-4-2/h11-14,17-20,33-35,38,45H,3-10,15-16,21-32,36-37,39-44H2,1-2H3/b13-11-,14-12-,19-17-,20-18-. The maximum atomic E-state index is 12.8. The molecule has 0 saturated heterocycles. The van der Waals surface area contributed by atoms with E-state index in [4.69, 9.17) is 18.5 Å². The third-order valence-electron chi connectivity index (χ3n) is 10.3. The molecule has 1 aromatic heterocycles. The Balaban J connectivity index is 1.68. The van der Waals surface area contributed by atoms with Crippen LogP contribution in [-0.2, 0) is 39.2 Å². The number of aromatic nitrogens is 1. The molecule has 59 heavy (non-hydrogen) atoms. The average molecular weight is 843 g/mol. The zero-order chi connectivity index (χ0) is 42.5. The van der Waals surface area contributed by atoms with Crippen molar-refractivity contribution < 1.29 is 42.1 Å². The Labute approximate surface area is 358 Å². The number of hydrogen-bond acceptors (Lipinski definition) is 9. The molecule has 334 valence electrons. The molecule has 0 bridgehead atoms. The van der Waals surface area contributed by atoms with E-state index in [1.54, 1.807) is 0 Å². The van der Waals surface area contributed by atoms with Gasteiger partial charge in [0.1, 0.15) is 26.2 Å².